The lowest BCUT2D eigenvalue weighted by Gasteiger charge is -2.07. The average Bonchev–Trinajstić information content (AvgIpc) is 2.49. The van der Waals surface area contributed by atoms with E-state index in [1.807, 2.05) is 0 Å². The van der Waals surface area contributed by atoms with Gasteiger partial charge in [-0.3, -0.25) is 14.4 Å². The first-order chi connectivity index (χ1) is 10.5. The lowest BCUT2D eigenvalue weighted by atomic mass is 10.1. The summed E-state index contributed by atoms with van der Waals surface area (Å²) >= 11 is 3.28. The summed E-state index contributed by atoms with van der Waals surface area (Å²) in [6.45, 7) is 1.87. The van der Waals surface area contributed by atoms with Gasteiger partial charge in [-0.2, -0.15) is 0 Å². The number of amides is 1. The number of carbonyl (C=O) groups excluding carboxylic acids is 2. The lowest BCUT2D eigenvalue weighted by molar-refractivity contribution is -0.119. The van der Waals surface area contributed by atoms with Crippen molar-refractivity contribution in [2.75, 3.05) is 0 Å². The standard InChI is InChI=1S/C16H15BrN2O3/c1-11(20)18-8-12-2-4-13(5-3-12)15(21)10-19-9-14(17)6-7-16(19)22/h2-7,9H,8,10H2,1H3,(H,18,20). The van der Waals surface area contributed by atoms with E-state index < -0.39 is 0 Å². The topological polar surface area (TPSA) is 68.2 Å². The Balaban J connectivity index is 2.08. The molecule has 0 bridgehead atoms. The number of Topliss-reactive ketones (excluding diaryl/α,β-unsaturated/α-hetero) is 1. The Labute approximate surface area is 136 Å². The number of rotatable bonds is 5. The molecule has 0 saturated carbocycles. The fourth-order valence-corrected chi connectivity index (χ4v) is 2.29. The van der Waals surface area contributed by atoms with Gasteiger partial charge in [0.15, 0.2) is 5.78 Å². The third-order valence-corrected chi connectivity index (χ3v) is 3.55. The van der Waals surface area contributed by atoms with Gasteiger partial charge in [0.1, 0.15) is 0 Å². The van der Waals surface area contributed by atoms with Crippen LogP contribution in [0.25, 0.3) is 0 Å². The summed E-state index contributed by atoms with van der Waals surface area (Å²) in [5.74, 6) is -0.250. The minimum atomic E-state index is -0.223. The Morgan fingerprint density at radius 3 is 2.45 bits per heavy atom. The van der Waals surface area contributed by atoms with Crippen LogP contribution < -0.4 is 10.9 Å². The second-order valence-electron chi connectivity index (χ2n) is 4.84. The molecule has 22 heavy (non-hydrogen) atoms. The predicted octanol–water partition coefficient (Wildman–Crippen LogP) is 2.13. The Kier molecular flexibility index (Phi) is 5.27. The van der Waals surface area contributed by atoms with Crippen molar-refractivity contribution in [3.8, 4) is 0 Å². The molecule has 0 radical (unpaired) electrons. The summed E-state index contributed by atoms with van der Waals surface area (Å²) in [4.78, 5) is 34.8. The molecule has 0 aliphatic rings. The van der Waals surface area contributed by atoms with Crippen LogP contribution in [0.4, 0.5) is 0 Å². The second-order valence-corrected chi connectivity index (χ2v) is 5.76. The van der Waals surface area contributed by atoms with Crippen LogP contribution in [0.5, 0.6) is 0 Å². The first-order valence-corrected chi connectivity index (χ1v) is 7.47. The molecule has 1 amide bonds. The fraction of sp³-hybridized carbons (Fsp3) is 0.188. The summed E-state index contributed by atoms with van der Waals surface area (Å²) in [6.07, 6.45) is 1.59. The molecule has 0 fully saturated rings. The molecule has 0 aliphatic carbocycles. The van der Waals surface area contributed by atoms with Crippen molar-refractivity contribution in [1.82, 2.24) is 9.88 Å². The van der Waals surface area contributed by atoms with Gasteiger partial charge in [-0.1, -0.05) is 24.3 Å². The normalized spacial score (nSPS) is 10.3. The molecule has 2 aromatic rings. The number of halogens is 1. The summed E-state index contributed by atoms with van der Waals surface area (Å²) < 4.78 is 2.10. The van der Waals surface area contributed by atoms with Gasteiger partial charge in [-0.05, 0) is 27.6 Å². The van der Waals surface area contributed by atoms with Gasteiger partial charge in [0.25, 0.3) is 5.56 Å². The number of aromatic nitrogens is 1. The van der Waals surface area contributed by atoms with Crippen molar-refractivity contribution < 1.29 is 9.59 Å². The van der Waals surface area contributed by atoms with Crippen LogP contribution in [-0.2, 0) is 17.9 Å². The largest absolute Gasteiger partial charge is 0.352 e. The number of ketones is 1. The number of benzene rings is 1. The molecule has 1 heterocycles. The van der Waals surface area contributed by atoms with E-state index in [2.05, 4.69) is 21.2 Å². The van der Waals surface area contributed by atoms with Gasteiger partial charge in [-0.15, -0.1) is 0 Å². The lowest BCUT2D eigenvalue weighted by Crippen LogP contribution is -2.23. The summed E-state index contributed by atoms with van der Waals surface area (Å²) in [7, 11) is 0. The quantitative estimate of drug-likeness (QED) is 0.828. The Hall–Kier alpha value is -2.21. The van der Waals surface area contributed by atoms with Gasteiger partial charge < -0.3 is 9.88 Å². The maximum atomic E-state index is 12.2. The highest BCUT2D eigenvalue weighted by molar-refractivity contribution is 9.10. The number of carbonyl (C=O) groups is 2. The van der Waals surface area contributed by atoms with Crippen molar-refractivity contribution in [2.24, 2.45) is 0 Å². The van der Waals surface area contributed by atoms with Crippen LogP contribution >= 0.6 is 15.9 Å². The highest BCUT2D eigenvalue weighted by Crippen LogP contribution is 2.08. The van der Waals surface area contributed by atoms with Gasteiger partial charge in [0.2, 0.25) is 5.91 Å². The van der Waals surface area contributed by atoms with Crippen LogP contribution in [0.2, 0.25) is 0 Å². The molecule has 1 aromatic carbocycles. The minimum absolute atomic E-state index is 0.0106. The molecule has 1 aromatic heterocycles. The number of nitrogens with zero attached hydrogens (tertiary/aromatic N) is 1. The molecule has 5 nitrogen and oxygen atoms in total. The van der Waals surface area contributed by atoms with Crippen LogP contribution in [0, 0.1) is 0 Å². The van der Waals surface area contributed by atoms with Crippen molar-refractivity contribution >= 4 is 27.6 Å². The third kappa shape index (κ3) is 4.39. The SMILES string of the molecule is CC(=O)NCc1ccc(C(=O)Cn2cc(Br)ccc2=O)cc1. The zero-order valence-corrected chi connectivity index (χ0v) is 13.6. The van der Waals surface area contributed by atoms with Gasteiger partial charge in [0.05, 0.1) is 6.54 Å². The monoisotopic (exact) mass is 362 g/mol. The zero-order chi connectivity index (χ0) is 16.1. The average molecular weight is 363 g/mol. The van der Waals surface area contributed by atoms with E-state index in [1.54, 1.807) is 36.5 Å². The zero-order valence-electron chi connectivity index (χ0n) is 12.0. The minimum Gasteiger partial charge on any atom is -0.352 e. The number of hydrogen-bond acceptors (Lipinski definition) is 3. The molecule has 1 N–H and O–H groups in total. The Morgan fingerprint density at radius 1 is 1.14 bits per heavy atom. The molecule has 114 valence electrons. The highest BCUT2D eigenvalue weighted by Gasteiger charge is 2.08. The summed E-state index contributed by atoms with van der Waals surface area (Å²) in [5.41, 5.74) is 1.21. The van der Waals surface area contributed by atoms with Crippen LogP contribution in [0.3, 0.4) is 0 Å². The molecule has 2 rings (SSSR count). The first kappa shape index (κ1) is 16.2. The second kappa shape index (κ2) is 7.17. The van der Waals surface area contributed by atoms with Crippen LogP contribution in [-0.4, -0.2) is 16.3 Å². The van der Waals surface area contributed by atoms with Crippen LogP contribution in [0.15, 0.2) is 51.9 Å². The summed E-state index contributed by atoms with van der Waals surface area (Å²) in [6, 6.07) is 10.0. The number of nitrogens with one attached hydrogen (secondary N) is 1. The molecule has 0 atom stereocenters. The van der Waals surface area contributed by atoms with Gasteiger partial charge in [-0.25, -0.2) is 0 Å². The maximum absolute atomic E-state index is 12.2. The first-order valence-electron chi connectivity index (χ1n) is 6.68. The fourth-order valence-electron chi connectivity index (χ4n) is 1.91. The van der Waals surface area contributed by atoms with Gasteiger partial charge >= 0.3 is 0 Å². The molecular formula is C16H15BrN2O3. The van der Waals surface area contributed by atoms with E-state index in [-0.39, 0.29) is 23.8 Å². The van der Waals surface area contributed by atoms with Crippen molar-refractivity contribution in [3.63, 3.8) is 0 Å². The molecule has 0 aliphatic heterocycles. The maximum Gasteiger partial charge on any atom is 0.251 e. The van der Waals surface area contributed by atoms with Gasteiger partial charge in [0, 0.05) is 35.8 Å². The number of hydrogen-bond donors (Lipinski definition) is 1. The van der Waals surface area contributed by atoms with Crippen molar-refractivity contribution in [1.29, 1.82) is 0 Å². The third-order valence-electron chi connectivity index (χ3n) is 3.08. The van der Waals surface area contributed by atoms with Crippen LogP contribution in [0.1, 0.15) is 22.8 Å². The smallest absolute Gasteiger partial charge is 0.251 e. The predicted molar refractivity (Wildman–Crippen MR) is 86.7 cm³/mol. The van der Waals surface area contributed by atoms with E-state index in [0.717, 1.165) is 10.0 Å². The highest BCUT2D eigenvalue weighted by atomic mass is 79.9. The number of pyridine rings is 1. The molecule has 0 spiro atoms. The summed E-state index contributed by atoms with van der Waals surface area (Å²) in [5, 5.41) is 2.69. The van der Waals surface area contributed by atoms with Crippen molar-refractivity contribution in [3.05, 3.63) is 68.5 Å². The molecular weight excluding hydrogens is 348 g/mol. The van der Waals surface area contributed by atoms with E-state index >= 15 is 0 Å². The molecule has 0 saturated heterocycles. The molecule has 6 heteroatoms. The molecule has 0 unspecified atom stereocenters. The van der Waals surface area contributed by atoms with Crippen molar-refractivity contribution in [2.45, 2.75) is 20.0 Å². The van der Waals surface area contributed by atoms with E-state index in [1.165, 1.54) is 17.6 Å². The van der Waals surface area contributed by atoms with E-state index in [0.29, 0.717) is 12.1 Å². The Morgan fingerprint density at radius 2 is 1.82 bits per heavy atom. The Bertz CT molecular complexity index is 751. The van der Waals surface area contributed by atoms with E-state index in [4.69, 9.17) is 0 Å². The van der Waals surface area contributed by atoms with E-state index in [9.17, 15) is 14.4 Å².